The standard InChI is InChI=1S/C55H96O6/c1-4-7-10-13-16-19-22-25-26-27-28-31-33-36-39-42-45-48-54(57)60-51-52(61-55(58)49-46-43-40-37-34-30-24-21-18-15-12-9-6-3)50-59-53(56)47-44-41-38-35-32-29-23-20-17-14-11-8-5-2/h7,10,16,19-21,23-26,52H,4-6,8-9,11-15,17-18,22,27-51H2,1-3H3/b10-7-,19-16-,23-20-,24-21-,26-25-. The molecule has 1 atom stereocenters. The van der Waals surface area contributed by atoms with E-state index in [0.717, 1.165) is 103 Å². The van der Waals surface area contributed by atoms with E-state index in [4.69, 9.17) is 14.2 Å². The average Bonchev–Trinajstić information content (AvgIpc) is 3.26. The summed E-state index contributed by atoms with van der Waals surface area (Å²) in [6.45, 7) is 6.48. The Bertz CT molecular complexity index is 1120. The fourth-order valence-corrected chi connectivity index (χ4v) is 7.09. The summed E-state index contributed by atoms with van der Waals surface area (Å²) in [4.78, 5) is 37.9. The molecule has 0 fully saturated rings. The molecular formula is C55H96O6. The third-order valence-electron chi connectivity index (χ3n) is 11.0. The van der Waals surface area contributed by atoms with E-state index in [0.29, 0.717) is 19.3 Å². The molecule has 0 bridgehead atoms. The third kappa shape index (κ3) is 48.0. The molecule has 0 rings (SSSR count). The molecular weight excluding hydrogens is 757 g/mol. The van der Waals surface area contributed by atoms with Crippen molar-refractivity contribution in [2.45, 2.75) is 258 Å². The molecule has 0 aromatic carbocycles. The minimum absolute atomic E-state index is 0.0848. The summed E-state index contributed by atoms with van der Waals surface area (Å²) in [5.74, 6) is -0.908. The van der Waals surface area contributed by atoms with Crippen LogP contribution in [0, 0.1) is 0 Å². The molecule has 0 amide bonds. The van der Waals surface area contributed by atoms with Crippen LogP contribution in [-0.2, 0) is 28.6 Å². The Balaban J connectivity index is 4.40. The van der Waals surface area contributed by atoms with Gasteiger partial charge in [0.05, 0.1) is 0 Å². The number of carbonyl (C=O) groups excluding carboxylic acids is 3. The zero-order valence-corrected chi connectivity index (χ0v) is 40.2. The predicted octanol–water partition coefficient (Wildman–Crippen LogP) is 16.9. The first-order chi connectivity index (χ1) is 30.0. The molecule has 0 aliphatic heterocycles. The van der Waals surface area contributed by atoms with E-state index in [1.807, 2.05) is 0 Å². The van der Waals surface area contributed by atoms with E-state index < -0.39 is 6.10 Å². The number of ether oxygens (including phenoxy) is 3. The van der Waals surface area contributed by atoms with Crippen LogP contribution in [0.5, 0.6) is 0 Å². The predicted molar refractivity (Wildman–Crippen MR) is 261 cm³/mol. The van der Waals surface area contributed by atoms with Gasteiger partial charge in [-0.15, -0.1) is 0 Å². The van der Waals surface area contributed by atoms with Gasteiger partial charge < -0.3 is 14.2 Å². The van der Waals surface area contributed by atoms with E-state index in [1.54, 1.807) is 0 Å². The first kappa shape index (κ1) is 58.1. The number of carbonyl (C=O) groups is 3. The number of hydrogen-bond donors (Lipinski definition) is 0. The van der Waals surface area contributed by atoms with E-state index in [-0.39, 0.29) is 31.1 Å². The highest BCUT2D eigenvalue weighted by Gasteiger charge is 2.19. The second-order valence-electron chi connectivity index (χ2n) is 17.0. The van der Waals surface area contributed by atoms with Crippen LogP contribution in [0.2, 0.25) is 0 Å². The highest BCUT2D eigenvalue weighted by Crippen LogP contribution is 2.14. The lowest BCUT2D eigenvalue weighted by Gasteiger charge is -2.18. The molecule has 0 aliphatic carbocycles. The highest BCUT2D eigenvalue weighted by atomic mass is 16.6. The SMILES string of the molecule is CC/C=C\C/C=C\C/C=C\CCCCCCCCCC(=O)OCC(COC(=O)CCCCCCC/C=C\CCCCCC)OC(=O)CCCCCCC/C=C\CCCCCC. The van der Waals surface area contributed by atoms with Gasteiger partial charge in [-0.05, 0) is 103 Å². The first-order valence-corrected chi connectivity index (χ1v) is 25.8. The maximum Gasteiger partial charge on any atom is 0.306 e. The summed E-state index contributed by atoms with van der Waals surface area (Å²) in [7, 11) is 0. The van der Waals surface area contributed by atoms with Crippen molar-refractivity contribution >= 4 is 17.9 Å². The quantitative estimate of drug-likeness (QED) is 0.0263. The van der Waals surface area contributed by atoms with Crippen molar-refractivity contribution in [3.8, 4) is 0 Å². The van der Waals surface area contributed by atoms with Crippen LogP contribution in [-0.4, -0.2) is 37.2 Å². The normalized spacial score (nSPS) is 12.5. The molecule has 0 saturated carbocycles. The fraction of sp³-hybridized carbons (Fsp3) is 0.764. The second kappa shape index (κ2) is 49.8. The average molecular weight is 853 g/mol. The minimum Gasteiger partial charge on any atom is -0.462 e. The number of rotatable bonds is 46. The molecule has 0 saturated heterocycles. The molecule has 6 nitrogen and oxygen atoms in total. The van der Waals surface area contributed by atoms with Crippen LogP contribution in [0.15, 0.2) is 60.8 Å². The van der Waals surface area contributed by atoms with Gasteiger partial charge in [-0.1, -0.05) is 191 Å². The summed E-state index contributed by atoms with van der Waals surface area (Å²) < 4.78 is 16.8. The van der Waals surface area contributed by atoms with Crippen molar-refractivity contribution in [2.75, 3.05) is 13.2 Å². The fourth-order valence-electron chi connectivity index (χ4n) is 7.09. The molecule has 0 aliphatic rings. The van der Waals surface area contributed by atoms with Crippen molar-refractivity contribution in [1.82, 2.24) is 0 Å². The molecule has 0 heterocycles. The Labute approximate surface area is 377 Å². The highest BCUT2D eigenvalue weighted by molar-refractivity contribution is 5.71. The maximum absolute atomic E-state index is 12.8. The van der Waals surface area contributed by atoms with Gasteiger partial charge in [0, 0.05) is 19.3 Å². The van der Waals surface area contributed by atoms with E-state index in [9.17, 15) is 14.4 Å². The molecule has 61 heavy (non-hydrogen) atoms. The molecule has 0 spiro atoms. The summed E-state index contributed by atoms with van der Waals surface area (Å²) in [5, 5.41) is 0. The van der Waals surface area contributed by atoms with Crippen molar-refractivity contribution in [2.24, 2.45) is 0 Å². The topological polar surface area (TPSA) is 78.9 Å². The molecule has 352 valence electrons. The summed E-state index contributed by atoms with van der Waals surface area (Å²) >= 11 is 0. The number of esters is 3. The molecule has 1 unspecified atom stereocenters. The molecule has 0 N–H and O–H groups in total. The van der Waals surface area contributed by atoms with Gasteiger partial charge in [0.25, 0.3) is 0 Å². The molecule has 0 radical (unpaired) electrons. The van der Waals surface area contributed by atoms with Gasteiger partial charge in [0.15, 0.2) is 6.10 Å². The van der Waals surface area contributed by atoms with Crippen molar-refractivity contribution in [3.63, 3.8) is 0 Å². The molecule has 0 aromatic rings. The van der Waals surface area contributed by atoms with E-state index in [2.05, 4.69) is 81.5 Å². The zero-order chi connectivity index (χ0) is 44.4. The minimum atomic E-state index is -0.784. The Hall–Kier alpha value is -2.89. The van der Waals surface area contributed by atoms with Crippen LogP contribution < -0.4 is 0 Å². The van der Waals surface area contributed by atoms with Crippen molar-refractivity contribution in [1.29, 1.82) is 0 Å². The lowest BCUT2D eigenvalue weighted by Crippen LogP contribution is -2.30. The van der Waals surface area contributed by atoms with Crippen LogP contribution in [0.4, 0.5) is 0 Å². The molecule has 0 aromatic heterocycles. The van der Waals surface area contributed by atoms with Gasteiger partial charge in [0.2, 0.25) is 0 Å². The summed E-state index contributed by atoms with van der Waals surface area (Å²) in [6.07, 6.45) is 60.5. The zero-order valence-electron chi connectivity index (χ0n) is 40.2. The Morgan fingerprint density at radius 1 is 0.344 bits per heavy atom. The smallest absolute Gasteiger partial charge is 0.306 e. The number of hydrogen-bond acceptors (Lipinski definition) is 6. The number of allylic oxidation sites excluding steroid dienone is 10. The first-order valence-electron chi connectivity index (χ1n) is 25.8. The monoisotopic (exact) mass is 853 g/mol. The van der Waals surface area contributed by atoms with Gasteiger partial charge in [-0.3, -0.25) is 14.4 Å². The lowest BCUT2D eigenvalue weighted by molar-refractivity contribution is -0.167. The Morgan fingerprint density at radius 3 is 1.02 bits per heavy atom. The van der Waals surface area contributed by atoms with Crippen LogP contribution >= 0.6 is 0 Å². The van der Waals surface area contributed by atoms with Gasteiger partial charge in [-0.25, -0.2) is 0 Å². The number of unbranched alkanes of at least 4 members (excludes halogenated alkanes) is 25. The van der Waals surface area contributed by atoms with Gasteiger partial charge in [0.1, 0.15) is 13.2 Å². The summed E-state index contributed by atoms with van der Waals surface area (Å²) in [6, 6.07) is 0. The maximum atomic E-state index is 12.8. The lowest BCUT2D eigenvalue weighted by atomic mass is 10.1. The van der Waals surface area contributed by atoms with Gasteiger partial charge in [-0.2, -0.15) is 0 Å². The van der Waals surface area contributed by atoms with Crippen LogP contribution in [0.1, 0.15) is 252 Å². The Morgan fingerprint density at radius 2 is 0.639 bits per heavy atom. The van der Waals surface area contributed by atoms with Gasteiger partial charge >= 0.3 is 17.9 Å². The third-order valence-corrected chi connectivity index (χ3v) is 11.0. The van der Waals surface area contributed by atoms with E-state index >= 15 is 0 Å². The van der Waals surface area contributed by atoms with Crippen LogP contribution in [0.25, 0.3) is 0 Å². The summed E-state index contributed by atoms with van der Waals surface area (Å²) in [5.41, 5.74) is 0. The molecule has 6 heteroatoms. The Kier molecular flexibility index (Phi) is 47.4. The van der Waals surface area contributed by atoms with Crippen molar-refractivity contribution in [3.05, 3.63) is 60.8 Å². The van der Waals surface area contributed by atoms with Crippen molar-refractivity contribution < 1.29 is 28.6 Å². The van der Waals surface area contributed by atoms with Crippen LogP contribution in [0.3, 0.4) is 0 Å². The second-order valence-corrected chi connectivity index (χ2v) is 17.0. The largest absolute Gasteiger partial charge is 0.462 e. The van der Waals surface area contributed by atoms with E-state index in [1.165, 1.54) is 109 Å².